The lowest BCUT2D eigenvalue weighted by molar-refractivity contribution is 0.309. The second-order valence-corrected chi connectivity index (χ2v) is 5.15. The average Bonchev–Trinajstić information content (AvgIpc) is 2.97. The normalized spacial score (nSPS) is 16.2. The van der Waals surface area contributed by atoms with E-state index in [1.807, 2.05) is 6.07 Å². The molecule has 112 valence electrons. The Kier molecular flexibility index (Phi) is 3.66. The van der Waals surface area contributed by atoms with Crippen LogP contribution < -0.4 is 15.4 Å². The van der Waals surface area contributed by atoms with Crippen LogP contribution in [0.5, 0.6) is 5.75 Å². The number of ether oxygens (including phenoxy) is 1. The number of hydrogen-bond acceptors (Lipinski definition) is 7. The van der Waals surface area contributed by atoms with Gasteiger partial charge in [0.25, 0.3) is 11.8 Å². The number of piperazine rings is 1. The van der Waals surface area contributed by atoms with E-state index in [1.165, 1.54) is 0 Å². The molecule has 1 aromatic heterocycles. The number of methoxy groups -OCH3 is 1. The van der Waals surface area contributed by atoms with E-state index in [-0.39, 0.29) is 0 Å². The fraction of sp³-hybridized carbons (Fsp3) is 0.429. The van der Waals surface area contributed by atoms with Crippen LogP contribution in [0.2, 0.25) is 0 Å². The number of rotatable bonds is 3. The lowest BCUT2D eigenvalue weighted by Gasteiger charge is -2.31. The molecule has 1 aromatic carbocycles. The van der Waals surface area contributed by atoms with Crippen LogP contribution in [0.4, 0.5) is 11.6 Å². The Labute approximate surface area is 123 Å². The van der Waals surface area contributed by atoms with Crippen molar-refractivity contribution in [2.45, 2.75) is 0 Å². The Morgan fingerprint density at radius 3 is 2.71 bits per heavy atom. The van der Waals surface area contributed by atoms with Gasteiger partial charge in [-0.15, -0.1) is 0 Å². The first-order valence-corrected chi connectivity index (χ1v) is 6.88. The number of benzene rings is 1. The Morgan fingerprint density at radius 1 is 1.24 bits per heavy atom. The zero-order valence-electron chi connectivity index (χ0n) is 12.2. The summed E-state index contributed by atoms with van der Waals surface area (Å²) in [6.07, 6.45) is 0. The van der Waals surface area contributed by atoms with Gasteiger partial charge in [-0.1, -0.05) is 0 Å². The third kappa shape index (κ3) is 2.78. The van der Waals surface area contributed by atoms with E-state index in [4.69, 9.17) is 15.0 Å². The fourth-order valence-electron chi connectivity index (χ4n) is 2.34. The topological polar surface area (TPSA) is 80.7 Å². The predicted octanol–water partition coefficient (Wildman–Crippen LogP) is 1.08. The van der Waals surface area contributed by atoms with Crippen LogP contribution in [-0.4, -0.2) is 55.4 Å². The molecular weight excluding hydrogens is 270 g/mol. The number of nitrogens with two attached hydrogens (primary N) is 1. The third-order valence-corrected chi connectivity index (χ3v) is 3.66. The van der Waals surface area contributed by atoms with Crippen LogP contribution in [0.1, 0.15) is 0 Å². The molecule has 2 aromatic rings. The van der Waals surface area contributed by atoms with E-state index in [0.717, 1.165) is 31.7 Å². The molecule has 1 saturated heterocycles. The first-order chi connectivity index (χ1) is 10.2. The van der Waals surface area contributed by atoms with Crippen molar-refractivity contribution in [2.24, 2.45) is 0 Å². The van der Waals surface area contributed by atoms with Crippen molar-refractivity contribution in [3.05, 3.63) is 18.2 Å². The van der Waals surface area contributed by atoms with E-state index >= 15 is 0 Å². The summed E-state index contributed by atoms with van der Waals surface area (Å²) >= 11 is 0. The minimum atomic E-state index is 0.445. The molecule has 0 spiro atoms. The van der Waals surface area contributed by atoms with Crippen molar-refractivity contribution < 1.29 is 9.26 Å². The number of aromatic nitrogens is 2. The van der Waals surface area contributed by atoms with E-state index in [1.54, 1.807) is 19.2 Å². The summed E-state index contributed by atoms with van der Waals surface area (Å²) in [5, 5.41) is 4.07. The van der Waals surface area contributed by atoms with Gasteiger partial charge in [0.05, 0.1) is 12.7 Å². The number of anilines is 2. The maximum atomic E-state index is 5.76. The molecule has 0 saturated carbocycles. The monoisotopic (exact) mass is 289 g/mol. The summed E-state index contributed by atoms with van der Waals surface area (Å²) in [7, 11) is 3.70. The molecule has 0 radical (unpaired) electrons. The van der Waals surface area contributed by atoms with Gasteiger partial charge in [0.15, 0.2) is 0 Å². The van der Waals surface area contributed by atoms with Crippen LogP contribution in [0.15, 0.2) is 22.7 Å². The Morgan fingerprint density at radius 2 is 2.00 bits per heavy atom. The van der Waals surface area contributed by atoms with Gasteiger partial charge >= 0.3 is 0 Å². The second-order valence-electron chi connectivity index (χ2n) is 5.15. The molecule has 7 nitrogen and oxygen atoms in total. The SMILES string of the molecule is COc1cc(N)ccc1-c1nc(N2CCN(C)CC2)no1. The average molecular weight is 289 g/mol. The van der Waals surface area contributed by atoms with Gasteiger partial charge in [0, 0.05) is 37.9 Å². The minimum absolute atomic E-state index is 0.445. The van der Waals surface area contributed by atoms with E-state index < -0.39 is 0 Å². The first kappa shape index (κ1) is 13.7. The summed E-state index contributed by atoms with van der Waals surface area (Å²) in [6.45, 7) is 3.78. The van der Waals surface area contributed by atoms with Crippen molar-refractivity contribution >= 4 is 11.6 Å². The second kappa shape index (κ2) is 5.61. The van der Waals surface area contributed by atoms with E-state index in [0.29, 0.717) is 23.3 Å². The highest BCUT2D eigenvalue weighted by Gasteiger charge is 2.20. The summed E-state index contributed by atoms with van der Waals surface area (Å²) < 4.78 is 10.7. The molecule has 21 heavy (non-hydrogen) atoms. The number of hydrogen-bond donors (Lipinski definition) is 1. The number of likely N-dealkylation sites (N-methyl/N-ethyl adjacent to an activating group) is 1. The predicted molar refractivity (Wildman–Crippen MR) is 80.4 cm³/mol. The van der Waals surface area contributed by atoms with Gasteiger partial charge in [-0.2, -0.15) is 4.98 Å². The van der Waals surface area contributed by atoms with Crippen molar-refractivity contribution in [1.29, 1.82) is 0 Å². The highest BCUT2D eigenvalue weighted by Crippen LogP contribution is 2.31. The zero-order valence-corrected chi connectivity index (χ0v) is 12.2. The van der Waals surface area contributed by atoms with Crippen LogP contribution in [0, 0.1) is 0 Å². The molecule has 0 amide bonds. The smallest absolute Gasteiger partial charge is 0.266 e. The third-order valence-electron chi connectivity index (χ3n) is 3.66. The van der Waals surface area contributed by atoms with E-state index in [9.17, 15) is 0 Å². The summed E-state index contributed by atoms with van der Waals surface area (Å²) in [6, 6.07) is 5.36. The summed E-state index contributed by atoms with van der Waals surface area (Å²) in [5.41, 5.74) is 7.14. The Hall–Kier alpha value is -2.28. The van der Waals surface area contributed by atoms with Gasteiger partial charge in [-0.3, -0.25) is 0 Å². The minimum Gasteiger partial charge on any atom is -0.496 e. The molecule has 3 rings (SSSR count). The van der Waals surface area contributed by atoms with Gasteiger partial charge in [0.1, 0.15) is 5.75 Å². The largest absolute Gasteiger partial charge is 0.496 e. The van der Waals surface area contributed by atoms with E-state index in [2.05, 4.69) is 27.0 Å². The molecule has 0 bridgehead atoms. The lowest BCUT2D eigenvalue weighted by Crippen LogP contribution is -2.44. The van der Waals surface area contributed by atoms with Crippen molar-refractivity contribution in [2.75, 3.05) is 51.0 Å². The zero-order chi connectivity index (χ0) is 14.8. The maximum absolute atomic E-state index is 5.76. The molecule has 2 N–H and O–H groups in total. The molecule has 0 atom stereocenters. The van der Waals surface area contributed by atoms with Gasteiger partial charge < -0.3 is 24.8 Å². The highest BCUT2D eigenvalue weighted by atomic mass is 16.5. The molecule has 1 aliphatic heterocycles. The highest BCUT2D eigenvalue weighted by molar-refractivity contribution is 5.67. The summed E-state index contributed by atoms with van der Waals surface area (Å²) in [5.74, 6) is 1.70. The van der Waals surface area contributed by atoms with Crippen molar-refractivity contribution in [3.8, 4) is 17.2 Å². The van der Waals surface area contributed by atoms with Crippen LogP contribution >= 0.6 is 0 Å². The molecule has 1 fully saturated rings. The summed E-state index contributed by atoms with van der Waals surface area (Å²) in [4.78, 5) is 8.88. The quantitative estimate of drug-likeness (QED) is 0.847. The van der Waals surface area contributed by atoms with Gasteiger partial charge in [-0.25, -0.2) is 0 Å². The van der Waals surface area contributed by atoms with Gasteiger partial charge in [0.2, 0.25) is 0 Å². The Bertz CT molecular complexity index is 620. The standard InChI is InChI=1S/C14H19N5O2/c1-18-5-7-19(8-6-18)14-16-13(21-17-14)11-4-3-10(15)9-12(11)20-2/h3-4,9H,5-8,15H2,1-2H3. The maximum Gasteiger partial charge on any atom is 0.266 e. The molecular formula is C14H19N5O2. The molecule has 7 heteroatoms. The van der Waals surface area contributed by atoms with Crippen LogP contribution in [-0.2, 0) is 0 Å². The molecule has 2 heterocycles. The van der Waals surface area contributed by atoms with Crippen molar-refractivity contribution in [3.63, 3.8) is 0 Å². The van der Waals surface area contributed by atoms with Gasteiger partial charge in [-0.05, 0) is 24.3 Å². The molecule has 0 aliphatic carbocycles. The Balaban J connectivity index is 1.85. The number of nitrogen functional groups attached to an aromatic ring is 1. The first-order valence-electron chi connectivity index (χ1n) is 6.88. The fourth-order valence-corrected chi connectivity index (χ4v) is 2.34. The lowest BCUT2D eigenvalue weighted by atomic mass is 10.2. The number of nitrogens with zero attached hydrogens (tertiary/aromatic N) is 4. The molecule has 1 aliphatic rings. The van der Waals surface area contributed by atoms with Crippen LogP contribution in [0.25, 0.3) is 11.5 Å². The molecule has 0 unspecified atom stereocenters. The van der Waals surface area contributed by atoms with Crippen molar-refractivity contribution in [1.82, 2.24) is 15.0 Å². The van der Waals surface area contributed by atoms with Crippen LogP contribution in [0.3, 0.4) is 0 Å².